The van der Waals surface area contributed by atoms with Crippen LogP contribution in [0.3, 0.4) is 0 Å². The maximum Gasteiger partial charge on any atom is 0.226 e. The summed E-state index contributed by atoms with van der Waals surface area (Å²) >= 11 is 0. The van der Waals surface area contributed by atoms with Crippen LogP contribution in [-0.4, -0.2) is 34.6 Å². The molecular weight excluding hydrogens is 388 g/mol. The molecule has 0 aliphatic carbocycles. The third-order valence-corrected chi connectivity index (χ3v) is 5.01. The predicted molar refractivity (Wildman–Crippen MR) is 120 cm³/mol. The fraction of sp³-hybridized carbons (Fsp3) is 0.160. The highest BCUT2D eigenvalue weighted by Gasteiger charge is 2.18. The number of methoxy groups -OCH3 is 1. The fourth-order valence-corrected chi connectivity index (χ4v) is 3.42. The largest absolute Gasteiger partial charge is 0.497 e. The van der Waals surface area contributed by atoms with E-state index in [0.29, 0.717) is 12.2 Å². The molecule has 1 aromatic heterocycles. The van der Waals surface area contributed by atoms with E-state index < -0.39 is 0 Å². The van der Waals surface area contributed by atoms with Gasteiger partial charge >= 0.3 is 0 Å². The van der Waals surface area contributed by atoms with Crippen LogP contribution in [0.25, 0.3) is 16.9 Å². The van der Waals surface area contributed by atoms with Crippen LogP contribution >= 0.6 is 0 Å². The summed E-state index contributed by atoms with van der Waals surface area (Å²) in [5.74, 6) is 0.744. The molecule has 1 heterocycles. The third kappa shape index (κ3) is 4.98. The standard InChI is InChI=1S/C25H24N4O2/c1-31-22-14-12-19(13-15-22)16-17-26-24(30)18-23-25(20-8-4-2-5-9-20)29(28-27-23)21-10-6-3-7-11-21/h2-15H,16-18H2,1H3,(H,26,30). The molecule has 0 atom stereocenters. The quantitative estimate of drug-likeness (QED) is 0.477. The Hall–Kier alpha value is -3.93. The van der Waals surface area contributed by atoms with E-state index in [9.17, 15) is 4.79 Å². The molecule has 0 aliphatic rings. The second-order valence-corrected chi connectivity index (χ2v) is 7.12. The minimum absolute atomic E-state index is 0.0780. The molecule has 1 amide bonds. The highest BCUT2D eigenvalue weighted by atomic mass is 16.5. The first-order chi connectivity index (χ1) is 15.2. The summed E-state index contributed by atoms with van der Waals surface area (Å²) in [5, 5.41) is 11.7. The van der Waals surface area contributed by atoms with Crippen molar-refractivity contribution in [2.45, 2.75) is 12.8 Å². The van der Waals surface area contributed by atoms with E-state index in [4.69, 9.17) is 4.74 Å². The number of hydrogen-bond donors (Lipinski definition) is 1. The zero-order valence-electron chi connectivity index (χ0n) is 17.4. The van der Waals surface area contributed by atoms with Crippen LogP contribution in [0.1, 0.15) is 11.3 Å². The molecule has 4 aromatic rings. The summed E-state index contributed by atoms with van der Waals surface area (Å²) in [6.07, 6.45) is 0.914. The second-order valence-electron chi connectivity index (χ2n) is 7.12. The molecule has 4 rings (SSSR count). The molecular formula is C25H24N4O2. The number of ether oxygens (including phenoxy) is 1. The van der Waals surface area contributed by atoms with Gasteiger partial charge in [-0.05, 0) is 36.2 Å². The number of carbonyl (C=O) groups excluding carboxylic acids is 1. The first-order valence-corrected chi connectivity index (χ1v) is 10.2. The van der Waals surface area contributed by atoms with Crippen molar-refractivity contribution < 1.29 is 9.53 Å². The molecule has 0 saturated carbocycles. The van der Waals surface area contributed by atoms with Gasteiger partial charge in [0.25, 0.3) is 0 Å². The number of rotatable bonds is 8. The third-order valence-electron chi connectivity index (χ3n) is 5.01. The Morgan fingerprint density at radius 2 is 1.61 bits per heavy atom. The van der Waals surface area contributed by atoms with E-state index in [1.807, 2.05) is 84.9 Å². The van der Waals surface area contributed by atoms with Gasteiger partial charge in [-0.3, -0.25) is 4.79 Å². The van der Waals surface area contributed by atoms with Gasteiger partial charge in [0, 0.05) is 12.1 Å². The van der Waals surface area contributed by atoms with Crippen LogP contribution in [-0.2, 0) is 17.6 Å². The van der Waals surface area contributed by atoms with Crippen molar-refractivity contribution in [3.05, 3.63) is 96.2 Å². The topological polar surface area (TPSA) is 69.0 Å². The minimum atomic E-state index is -0.0780. The lowest BCUT2D eigenvalue weighted by molar-refractivity contribution is -0.120. The molecule has 0 unspecified atom stereocenters. The Morgan fingerprint density at radius 3 is 2.29 bits per heavy atom. The van der Waals surface area contributed by atoms with Crippen molar-refractivity contribution in [2.75, 3.05) is 13.7 Å². The van der Waals surface area contributed by atoms with Gasteiger partial charge in [0.1, 0.15) is 11.4 Å². The van der Waals surface area contributed by atoms with Gasteiger partial charge in [-0.15, -0.1) is 5.10 Å². The van der Waals surface area contributed by atoms with E-state index >= 15 is 0 Å². The number of nitrogens with zero attached hydrogens (tertiary/aromatic N) is 3. The smallest absolute Gasteiger partial charge is 0.226 e. The molecule has 0 bridgehead atoms. The summed E-state index contributed by atoms with van der Waals surface area (Å²) in [6.45, 7) is 0.554. The molecule has 0 aliphatic heterocycles. The van der Waals surface area contributed by atoms with Crippen LogP contribution in [0, 0.1) is 0 Å². The summed E-state index contributed by atoms with van der Waals surface area (Å²) in [5.41, 5.74) is 4.49. The van der Waals surface area contributed by atoms with Crippen molar-refractivity contribution >= 4 is 5.91 Å². The molecule has 0 saturated heterocycles. The average molecular weight is 412 g/mol. The molecule has 0 spiro atoms. The van der Waals surface area contributed by atoms with Crippen molar-refractivity contribution in [3.8, 4) is 22.7 Å². The van der Waals surface area contributed by atoms with Crippen molar-refractivity contribution in [2.24, 2.45) is 0 Å². The SMILES string of the molecule is COc1ccc(CCNC(=O)Cc2nnn(-c3ccccc3)c2-c2ccccc2)cc1. The molecule has 31 heavy (non-hydrogen) atoms. The summed E-state index contributed by atoms with van der Waals surface area (Å²) in [6, 6.07) is 27.6. The van der Waals surface area contributed by atoms with Gasteiger partial charge in [-0.2, -0.15) is 0 Å². The lowest BCUT2D eigenvalue weighted by atomic mass is 10.1. The highest BCUT2D eigenvalue weighted by Crippen LogP contribution is 2.25. The van der Waals surface area contributed by atoms with Gasteiger partial charge in [0.05, 0.1) is 24.9 Å². The fourth-order valence-electron chi connectivity index (χ4n) is 3.42. The zero-order valence-corrected chi connectivity index (χ0v) is 17.4. The minimum Gasteiger partial charge on any atom is -0.497 e. The first kappa shape index (κ1) is 20.3. The number of aromatic nitrogens is 3. The molecule has 6 heteroatoms. The Morgan fingerprint density at radius 1 is 0.935 bits per heavy atom. The number of para-hydroxylation sites is 1. The van der Waals surface area contributed by atoms with Gasteiger partial charge in [-0.1, -0.05) is 65.9 Å². The normalized spacial score (nSPS) is 10.6. The maximum atomic E-state index is 12.6. The number of benzene rings is 3. The van der Waals surface area contributed by atoms with Crippen LogP contribution in [0.5, 0.6) is 5.75 Å². The number of carbonyl (C=O) groups is 1. The Balaban J connectivity index is 1.47. The summed E-state index contributed by atoms with van der Waals surface area (Å²) in [4.78, 5) is 12.6. The van der Waals surface area contributed by atoms with Crippen LogP contribution < -0.4 is 10.1 Å². The average Bonchev–Trinajstić information content (AvgIpc) is 3.24. The van der Waals surface area contributed by atoms with Gasteiger partial charge in [0.2, 0.25) is 5.91 Å². The maximum absolute atomic E-state index is 12.6. The van der Waals surface area contributed by atoms with Crippen LogP contribution in [0.4, 0.5) is 0 Å². The van der Waals surface area contributed by atoms with Crippen molar-refractivity contribution in [1.29, 1.82) is 0 Å². The predicted octanol–water partition coefficient (Wildman–Crippen LogP) is 3.84. The molecule has 1 N–H and O–H groups in total. The Bertz CT molecular complexity index is 1120. The summed E-state index contributed by atoms with van der Waals surface area (Å²) in [7, 11) is 1.65. The van der Waals surface area contributed by atoms with Crippen LogP contribution in [0.15, 0.2) is 84.9 Å². The lowest BCUT2D eigenvalue weighted by Crippen LogP contribution is -2.27. The van der Waals surface area contributed by atoms with Gasteiger partial charge < -0.3 is 10.1 Å². The van der Waals surface area contributed by atoms with Crippen LogP contribution in [0.2, 0.25) is 0 Å². The van der Waals surface area contributed by atoms with Gasteiger partial charge in [-0.25, -0.2) is 4.68 Å². The molecule has 0 fully saturated rings. The van der Waals surface area contributed by atoms with E-state index in [0.717, 1.165) is 34.7 Å². The Labute approximate surface area is 181 Å². The number of amides is 1. The summed E-state index contributed by atoms with van der Waals surface area (Å²) < 4.78 is 6.96. The lowest BCUT2D eigenvalue weighted by Gasteiger charge is -2.09. The number of nitrogens with one attached hydrogen (secondary N) is 1. The molecule has 0 radical (unpaired) electrons. The Kier molecular flexibility index (Phi) is 6.38. The second kappa shape index (κ2) is 9.71. The molecule has 3 aromatic carbocycles. The van der Waals surface area contributed by atoms with Crippen molar-refractivity contribution in [3.63, 3.8) is 0 Å². The monoisotopic (exact) mass is 412 g/mol. The molecule has 156 valence electrons. The zero-order chi connectivity index (χ0) is 21.5. The van der Waals surface area contributed by atoms with Crippen molar-refractivity contribution in [1.82, 2.24) is 20.3 Å². The van der Waals surface area contributed by atoms with E-state index in [2.05, 4.69) is 15.6 Å². The van der Waals surface area contributed by atoms with E-state index in [-0.39, 0.29) is 12.3 Å². The molecule has 6 nitrogen and oxygen atoms in total. The number of hydrogen-bond acceptors (Lipinski definition) is 4. The first-order valence-electron chi connectivity index (χ1n) is 10.2. The van der Waals surface area contributed by atoms with E-state index in [1.54, 1.807) is 11.8 Å². The highest BCUT2D eigenvalue weighted by molar-refractivity contribution is 5.80. The van der Waals surface area contributed by atoms with E-state index in [1.165, 1.54) is 0 Å². The van der Waals surface area contributed by atoms with Gasteiger partial charge in [0.15, 0.2) is 0 Å².